The van der Waals surface area contributed by atoms with Gasteiger partial charge in [0.2, 0.25) is 0 Å². The number of piperazine rings is 1. The number of benzene rings is 1. The summed E-state index contributed by atoms with van der Waals surface area (Å²) in [5, 5.41) is 0. The highest BCUT2D eigenvalue weighted by Crippen LogP contribution is 2.20. The number of nitrogens with zero attached hydrogens (tertiary/aromatic N) is 3. The van der Waals surface area contributed by atoms with Gasteiger partial charge >= 0.3 is 0 Å². The number of hydrogen-bond donors (Lipinski definition) is 0. The maximum Gasteiger partial charge on any atom is 0.282 e. The first kappa shape index (κ1) is 19.1. The van der Waals surface area contributed by atoms with Gasteiger partial charge in [-0.3, -0.25) is 4.79 Å². The van der Waals surface area contributed by atoms with Crippen LogP contribution < -0.4 is 0 Å². The number of carbonyl (C=O) groups is 1. The Morgan fingerprint density at radius 1 is 0.840 bits per heavy atom. The smallest absolute Gasteiger partial charge is 0.282 e. The minimum absolute atomic E-state index is 0.0168. The predicted octanol–water partition coefficient (Wildman–Crippen LogP) is 2.17. The molecule has 25 heavy (non-hydrogen) atoms. The van der Waals surface area contributed by atoms with Crippen molar-refractivity contribution in [1.29, 1.82) is 0 Å². The topological polar surface area (TPSA) is 60.9 Å². The molecule has 0 aromatic heterocycles. The van der Waals surface area contributed by atoms with E-state index in [9.17, 15) is 13.2 Å². The molecule has 0 radical (unpaired) electrons. The Kier molecular flexibility index (Phi) is 6.35. The Balaban J connectivity index is 1.63. The largest absolute Gasteiger partial charge is 0.336 e. The Bertz CT molecular complexity index is 710. The molecule has 0 spiro atoms. The van der Waals surface area contributed by atoms with Crippen LogP contribution in [0.3, 0.4) is 0 Å². The first-order valence-corrected chi connectivity index (χ1v) is 11.3. The van der Waals surface area contributed by atoms with Crippen LogP contribution in [-0.2, 0) is 10.2 Å². The van der Waals surface area contributed by atoms with Crippen molar-refractivity contribution in [1.82, 2.24) is 13.5 Å². The average Bonchev–Trinajstić information content (AvgIpc) is 2.92. The molecule has 0 atom stereocenters. The summed E-state index contributed by atoms with van der Waals surface area (Å²) in [6, 6.07) is 7.50. The number of amides is 1. The summed E-state index contributed by atoms with van der Waals surface area (Å²) in [5.41, 5.74) is 0.687. The van der Waals surface area contributed by atoms with E-state index in [4.69, 9.17) is 0 Å². The molecular weight excluding hydrogens is 453 g/mol. The van der Waals surface area contributed by atoms with E-state index in [1.165, 1.54) is 4.31 Å². The quantitative estimate of drug-likeness (QED) is 0.628. The monoisotopic (exact) mass is 477 g/mol. The lowest BCUT2D eigenvalue weighted by Gasteiger charge is -2.36. The lowest BCUT2D eigenvalue weighted by molar-refractivity contribution is 0.0693. The second-order valence-electron chi connectivity index (χ2n) is 6.49. The molecule has 2 aliphatic heterocycles. The maximum absolute atomic E-state index is 12.8. The minimum Gasteiger partial charge on any atom is -0.336 e. The number of rotatable bonds is 3. The van der Waals surface area contributed by atoms with Gasteiger partial charge in [0.15, 0.2) is 0 Å². The molecule has 2 aliphatic rings. The van der Waals surface area contributed by atoms with E-state index in [-0.39, 0.29) is 5.91 Å². The summed E-state index contributed by atoms with van der Waals surface area (Å²) in [6.45, 7) is 2.85. The van der Waals surface area contributed by atoms with Crippen LogP contribution in [0.15, 0.2) is 24.3 Å². The van der Waals surface area contributed by atoms with E-state index in [0.717, 1.165) is 29.3 Å². The minimum atomic E-state index is -3.40. The molecule has 1 amide bonds. The van der Waals surface area contributed by atoms with Crippen molar-refractivity contribution in [2.45, 2.75) is 25.7 Å². The zero-order valence-electron chi connectivity index (χ0n) is 14.2. The summed E-state index contributed by atoms with van der Waals surface area (Å²) in [7, 11) is -3.40. The van der Waals surface area contributed by atoms with Crippen molar-refractivity contribution < 1.29 is 13.2 Å². The van der Waals surface area contributed by atoms with Gasteiger partial charge in [-0.1, -0.05) is 25.0 Å². The van der Waals surface area contributed by atoms with Crippen molar-refractivity contribution in [2.24, 2.45) is 0 Å². The van der Waals surface area contributed by atoms with Crippen LogP contribution in [0.2, 0.25) is 0 Å². The molecule has 138 valence electrons. The van der Waals surface area contributed by atoms with Crippen LogP contribution in [0.1, 0.15) is 36.0 Å². The molecule has 0 N–H and O–H groups in total. The van der Waals surface area contributed by atoms with E-state index in [1.807, 2.05) is 24.3 Å². The van der Waals surface area contributed by atoms with E-state index >= 15 is 0 Å². The highest BCUT2D eigenvalue weighted by Gasteiger charge is 2.33. The van der Waals surface area contributed by atoms with Crippen LogP contribution >= 0.6 is 22.6 Å². The van der Waals surface area contributed by atoms with Gasteiger partial charge in [-0.25, -0.2) is 0 Å². The van der Waals surface area contributed by atoms with Gasteiger partial charge in [-0.2, -0.15) is 17.0 Å². The van der Waals surface area contributed by atoms with Crippen LogP contribution in [0.5, 0.6) is 0 Å². The van der Waals surface area contributed by atoms with Crippen LogP contribution in [-0.4, -0.2) is 67.1 Å². The fourth-order valence-corrected chi connectivity index (χ4v) is 5.65. The molecule has 3 rings (SSSR count). The summed E-state index contributed by atoms with van der Waals surface area (Å²) >= 11 is 2.16. The highest BCUT2D eigenvalue weighted by molar-refractivity contribution is 14.1. The van der Waals surface area contributed by atoms with Crippen molar-refractivity contribution in [3.05, 3.63) is 33.4 Å². The number of halogens is 1. The molecule has 2 heterocycles. The highest BCUT2D eigenvalue weighted by atomic mass is 127. The van der Waals surface area contributed by atoms with E-state index in [0.29, 0.717) is 44.8 Å². The Labute approximate surface area is 163 Å². The third kappa shape index (κ3) is 4.35. The van der Waals surface area contributed by atoms with E-state index in [2.05, 4.69) is 22.6 Å². The number of carbonyl (C=O) groups excluding carboxylic acids is 1. The van der Waals surface area contributed by atoms with Crippen molar-refractivity contribution >= 4 is 38.7 Å². The normalized spacial score (nSPS) is 21.1. The molecule has 6 nitrogen and oxygen atoms in total. The maximum atomic E-state index is 12.8. The van der Waals surface area contributed by atoms with Gasteiger partial charge in [-0.05, 0) is 47.6 Å². The van der Waals surface area contributed by atoms with Gasteiger partial charge in [-0.15, -0.1) is 0 Å². The molecular formula is C17H24IN3O3S. The molecule has 8 heteroatoms. The lowest BCUT2D eigenvalue weighted by atomic mass is 10.2. The summed E-state index contributed by atoms with van der Waals surface area (Å²) in [6.07, 6.45) is 4.07. The second kappa shape index (κ2) is 8.32. The SMILES string of the molecule is O=C(c1ccccc1I)N1CCN(S(=O)(=O)N2CCCCCC2)CC1. The molecule has 1 aromatic rings. The Morgan fingerprint density at radius 2 is 1.40 bits per heavy atom. The van der Waals surface area contributed by atoms with Crippen molar-refractivity contribution in [2.75, 3.05) is 39.3 Å². The summed E-state index contributed by atoms with van der Waals surface area (Å²) in [5.74, 6) is -0.0168. The predicted molar refractivity (Wildman–Crippen MR) is 106 cm³/mol. The Morgan fingerprint density at radius 3 is 2.00 bits per heavy atom. The molecule has 0 unspecified atom stereocenters. The third-order valence-electron chi connectivity index (χ3n) is 4.85. The molecule has 1 aromatic carbocycles. The van der Waals surface area contributed by atoms with Gasteiger partial charge in [0.05, 0.1) is 5.56 Å². The van der Waals surface area contributed by atoms with Gasteiger partial charge in [0.1, 0.15) is 0 Å². The zero-order chi connectivity index (χ0) is 17.9. The van der Waals surface area contributed by atoms with Crippen molar-refractivity contribution in [3.63, 3.8) is 0 Å². The molecule has 0 aliphatic carbocycles. The first-order valence-electron chi connectivity index (χ1n) is 8.79. The fourth-order valence-electron chi connectivity index (χ4n) is 3.36. The third-order valence-corrected chi connectivity index (χ3v) is 7.82. The standard InChI is InChI=1S/C17H24IN3O3S/c18-16-8-4-3-7-15(16)17(22)19-11-13-21(14-12-19)25(23,24)20-9-5-1-2-6-10-20/h3-4,7-8H,1-2,5-6,9-14H2. The van der Waals surface area contributed by atoms with Crippen LogP contribution in [0, 0.1) is 3.57 Å². The summed E-state index contributed by atoms with van der Waals surface area (Å²) in [4.78, 5) is 14.4. The Hall–Kier alpha value is -0.710. The average molecular weight is 477 g/mol. The van der Waals surface area contributed by atoms with Gasteiger partial charge in [0.25, 0.3) is 16.1 Å². The second-order valence-corrected chi connectivity index (χ2v) is 9.58. The summed E-state index contributed by atoms with van der Waals surface area (Å²) < 4.78 is 29.8. The van der Waals surface area contributed by atoms with E-state index in [1.54, 1.807) is 9.21 Å². The molecule has 2 saturated heterocycles. The molecule has 2 fully saturated rings. The van der Waals surface area contributed by atoms with E-state index < -0.39 is 10.2 Å². The first-order chi connectivity index (χ1) is 12.0. The van der Waals surface area contributed by atoms with Crippen molar-refractivity contribution in [3.8, 4) is 0 Å². The van der Waals surface area contributed by atoms with Gasteiger partial charge < -0.3 is 4.90 Å². The van der Waals surface area contributed by atoms with Gasteiger partial charge in [0, 0.05) is 42.8 Å². The van der Waals surface area contributed by atoms with Crippen LogP contribution in [0.4, 0.5) is 0 Å². The zero-order valence-corrected chi connectivity index (χ0v) is 17.2. The van der Waals surface area contributed by atoms with Crippen LogP contribution in [0.25, 0.3) is 0 Å². The molecule has 0 bridgehead atoms. The fraction of sp³-hybridized carbons (Fsp3) is 0.588. The number of hydrogen-bond acceptors (Lipinski definition) is 3. The molecule has 0 saturated carbocycles. The lowest BCUT2D eigenvalue weighted by Crippen LogP contribution is -2.54.